The first-order valence-corrected chi connectivity index (χ1v) is 25.9. The SMILES string of the molecule is CC(C)(C)c1ccc2c(c1)c1cc(C(C)(C)C)ccc1n2-c1cc(-c2cccc(-n3c4ccc(C(C)(C)C)cc4c4cc(C(C)(C)C)ccc43)c2C#N)ccc1-c1nc(-c2ccccc2)nc(-c2ccccc2)n1. The molecule has 0 aliphatic rings. The number of benzene rings is 8. The van der Waals surface area contributed by atoms with Crippen LogP contribution in [-0.2, 0) is 21.7 Å². The van der Waals surface area contributed by atoms with Gasteiger partial charge in [-0.15, -0.1) is 0 Å². The summed E-state index contributed by atoms with van der Waals surface area (Å²) in [7, 11) is 0. The van der Waals surface area contributed by atoms with Gasteiger partial charge >= 0.3 is 0 Å². The lowest BCUT2D eigenvalue weighted by Gasteiger charge is -2.20. The standard InChI is InChI=1S/C68H64N6/c1-65(2,3)45-27-32-57-51(37-45)52-38-46(66(4,5)6)28-33-58(52)73(57)56-25-19-24-49(55(56)41-69)44-26-31-50(64-71-62(42-20-15-13-16-21-42)70-63(72-64)43-22-17-14-18-23-43)61(36-44)74-59-34-29-47(67(7,8)9)39-53(59)54-40-48(68(10,11)12)30-35-60(54)74/h13-40H,1-12H3. The summed E-state index contributed by atoms with van der Waals surface area (Å²) in [5.74, 6) is 1.73. The van der Waals surface area contributed by atoms with Crippen LogP contribution in [0.2, 0.25) is 0 Å². The number of nitrogens with zero attached hydrogens (tertiary/aromatic N) is 6. The Balaban J connectivity index is 1.21. The molecule has 0 aliphatic heterocycles. The summed E-state index contributed by atoms with van der Waals surface area (Å²) in [6, 6.07) is 63.4. The van der Waals surface area contributed by atoms with Gasteiger partial charge in [-0.3, -0.25) is 0 Å². The van der Waals surface area contributed by atoms with E-state index < -0.39 is 0 Å². The summed E-state index contributed by atoms with van der Waals surface area (Å²) >= 11 is 0. The molecule has 0 fully saturated rings. The second kappa shape index (κ2) is 17.5. The van der Waals surface area contributed by atoms with Gasteiger partial charge in [-0.2, -0.15) is 5.26 Å². The molecule has 0 atom stereocenters. The summed E-state index contributed by atoms with van der Waals surface area (Å²) in [4.78, 5) is 15.7. The second-order valence-corrected chi connectivity index (χ2v) is 24.2. The molecule has 0 spiro atoms. The van der Waals surface area contributed by atoms with Gasteiger partial charge in [0.15, 0.2) is 17.5 Å². The molecule has 0 amide bonds. The Kier molecular flexibility index (Phi) is 11.4. The Morgan fingerprint density at radius 2 is 0.716 bits per heavy atom. The molecule has 3 aromatic heterocycles. The van der Waals surface area contributed by atoms with Crippen molar-refractivity contribution in [1.29, 1.82) is 5.26 Å². The summed E-state index contributed by atoms with van der Waals surface area (Å²) < 4.78 is 4.69. The van der Waals surface area contributed by atoms with Crippen LogP contribution < -0.4 is 0 Å². The predicted octanol–water partition coefficient (Wildman–Crippen LogP) is 17.8. The van der Waals surface area contributed by atoms with E-state index in [4.69, 9.17) is 15.0 Å². The average molecular weight is 965 g/mol. The highest BCUT2D eigenvalue weighted by Gasteiger charge is 2.27. The lowest BCUT2D eigenvalue weighted by atomic mass is 9.85. The summed E-state index contributed by atoms with van der Waals surface area (Å²) in [6.45, 7) is 27.2. The van der Waals surface area contributed by atoms with Crippen LogP contribution in [0.15, 0.2) is 170 Å². The van der Waals surface area contributed by atoms with E-state index in [-0.39, 0.29) is 21.7 Å². The third-order valence-corrected chi connectivity index (χ3v) is 14.9. The molecule has 6 nitrogen and oxygen atoms in total. The smallest absolute Gasteiger partial charge is 0.166 e. The fraction of sp³-hybridized carbons (Fsp3) is 0.235. The van der Waals surface area contributed by atoms with Gasteiger partial charge in [0.2, 0.25) is 0 Å². The van der Waals surface area contributed by atoms with E-state index in [1.807, 2.05) is 60.7 Å². The Labute approximate surface area is 436 Å². The Hall–Kier alpha value is -8.14. The van der Waals surface area contributed by atoms with Gasteiger partial charge in [-0.05, 0) is 116 Å². The third-order valence-electron chi connectivity index (χ3n) is 14.9. The fourth-order valence-corrected chi connectivity index (χ4v) is 10.5. The lowest BCUT2D eigenvalue weighted by Crippen LogP contribution is -2.10. The van der Waals surface area contributed by atoms with Crippen molar-refractivity contribution in [3.63, 3.8) is 0 Å². The predicted molar refractivity (Wildman–Crippen MR) is 310 cm³/mol. The molecule has 3 heterocycles. The molecule has 11 rings (SSSR count). The zero-order valence-electron chi connectivity index (χ0n) is 44.8. The molecular weight excluding hydrogens is 901 g/mol. The van der Waals surface area contributed by atoms with Gasteiger partial charge in [0, 0.05) is 43.8 Å². The zero-order valence-corrected chi connectivity index (χ0v) is 44.8. The number of fused-ring (bicyclic) bond motifs is 6. The van der Waals surface area contributed by atoms with Gasteiger partial charge < -0.3 is 9.13 Å². The normalized spacial score (nSPS) is 12.6. The number of aromatic nitrogens is 5. The van der Waals surface area contributed by atoms with Crippen molar-refractivity contribution in [3.05, 3.63) is 198 Å². The van der Waals surface area contributed by atoms with Crippen LogP contribution in [0.25, 0.3) is 100 Å². The van der Waals surface area contributed by atoms with E-state index in [1.165, 1.54) is 43.8 Å². The highest BCUT2D eigenvalue weighted by atomic mass is 15.1. The fourth-order valence-electron chi connectivity index (χ4n) is 10.5. The van der Waals surface area contributed by atoms with Crippen molar-refractivity contribution < 1.29 is 0 Å². The molecule has 0 bridgehead atoms. The van der Waals surface area contributed by atoms with Crippen molar-refractivity contribution in [1.82, 2.24) is 24.1 Å². The maximum absolute atomic E-state index is 11.5. The van der Waals surface area contributed by atoms with Crippen molar-refractivity contribution in [3.8, 4) is 62.7 Å². The molecular formula is C68H64N6. The molecule has 6 heteroatoms. The molecule has 0 saturated heterocycles. The van der Waals surface area contributed by atoms with E-state index in [1.54, 1.807) is 0 Å². The monoisotopic (exact) mass is 965 g/mol. The number of rotatable bonds is 6. The molecule has 8 aromatic carbocycles. The third kappa shape index (κ3) is 8.44. The van der Waals surface area contributed by atoms with Crippen LogP contribution in [0.3, 0.4) is 0 Å². The highest BCUT2D eigenvalue weighted by molar-refractivity contribution is 6.11. The number of hydrogen-bond acceptors (Lipinski definition) is 4. The lowest BCUT2D eigenvalue weighted by molar-refractivity contribution is 0.590. The van der Waals surface area contributed by atoms with Crippen LogP contribution in [0.4, 0.5) is 0 Å². The van der Waals surface area contributed by atoms with Crippen LogP contribution in [0, 0.1) is 11.3 Å². The minimum atomic E-state index is -0.0687. The molecule has 0 saturated carbocycles. The first-order valence-electron chi connectivity index (χ1n) is 25.9. The van der Waals surface area contributed by atoms with Gasteiger partial charge in [-0.25, -0.2) is 15.0 Å². The van der Waals surface area contributed by atoms with Crippen LogP contribution in [0.5, 0.6) is 0 Å². The average Bonchev–Trinajstić information content (AvgIpc) is 3.89. The van der Waals surface area contributed by atoms with Gasteiger partial charge in [-0.1, -0.05) is 186 Å². The minimum Gasteiger partial charge on any atom is -0.308 e. The number of nitriles is 1. The number of hydrogen-bond donors (Lipinski definition) is 0. The molecule has 0 aliphatic carbocycles. The Bertz CT molecular complexity index is 3840. The van der Waals surface area contributed by atoms with Crippen molar-refractivity contribution in [2.45, 2.75) is 105 Å². The minimum absolute atomic E-state index is 0.0422. The van der Waals surface area contributed by atoms with Crippen LogP contribution in [0.1, 0.15) is 111 Å². The topological polar surface area (TPSA) is 72.3 Å². The molecule has 74 heavy (non-hydrogen) atoms. The maximum Gasteiger partial charge on any atom is 0.166 e. The highest BCUT2D eigenvalue weighted by Crippen LogP contribution is 2.44. The van der Waals surface area contributed by atoms with Gasteiger partial charge in [0.1, 0.15) is 6.07 Å². The van der Waals surface area contributed by atoms with E-state index in [9.17, 15) is 5.26 Å². The summed E-state index contributed by atoms with van der Waals surface area (Å²) in [6.07, 6.45) is 0. The second-order valence-electron chi connectivity index (χ2n) is 24.2. The summed E-state index contributed by atoms with van der Waals surface area (Å²) in [5.41, 5.74) is 15.8. The van der Waals surface area contributed by atoms with E-state index in [0.29, 0.717) is 23.0 Å². The van der Waals surface area contributed by atoms with E-state index in [0.717, 1.165) is 61.3 Å². The van der Waals surface area contributed by atoms with Gasteiger partial charge in [0.25, 0.3) is 0 Å². The molecule has 0 N–H and O–H groups in total. The largest absolute Gasteiger partial charge is 0.308 e. The Morgan fingerprint density at radius 3 is 1.09 bits per heavy atom. The first kappa shape index (κ1) is 48.1. The molecule has 0 unspecified atom stereocenters. The molecule has 366 valence electrons. The van der Waals surface area contributed by atoms with Crippen molar-refractivity contribution in [2.75, 3.05) is 0 Å². The molecule has 0 radical (unpaired) electrons. The first-order chi connectivity index (χ1) is 35.2. The Morgan fingerprint density at radius 1 is 0.338 bits per heavy atom. The molecule has 11 aromatic rings. The van der Waals surface area contributed by atoms with E-state index >= 15 is 0 Å². The zero-order chi connectivity index (χ0) is 52.1. The van der Waals surface area contributed by atoms with Crippen molar-refractivity contribution >= 4 is 43.6 Å². The van der Waals surface area contributed by atoms with Crippen LogP contribution in [-0.4, -0.2) is 24.1 Å². The van der Waals surface area contributed by atoms with E-state index in [2.05, 4.69) is 207 Å². The van der Waals surface area contributed by atoms with Crippen molar-refractivity contribution in [2.24, 2.45) is 0 Å². The summed E-state index contributed by atoms with van der Waals surface area (Å²) in [5, 5.41) is 16.2. The van der Waals surface area contributed by atoms with Gasteiger partial charge in [0.05, 0.1) is 39.0 Å². The quantitative estimate of drug-likeness (QED) is 0.166. The van der Waals surface area contributed by atoms with Crippen LogP contribution >= 0.6 is 0 Å². The maximum atomic E-state index is 11.5.